The van der Waals surface area contributed by atoms with Crippen LogP contribution in [-0.4, -0.2) is 10.9 Å². The fraction of sp³-hybridized carbons (Fsp3) is 0.190. The lowest BCUT2D eigenvalue weighted by Crippen LogP contribution is -2.38. The van der Waals surface area contributed by atoms with Gasteiger partial charge in [0.05, 0.1) is 12.8 Å². The Balaban J connectivity index is 1.68. The normalized spacial score (nSPS) is 10.5. The smallest absolute Gasteiger partial charge is 0.318 e. The summed E-state index contributed by atoms with van der Waals surface area (Å²) >= 11 is 0. The van der Waals surface area contributed by atoms with Gasteiger partial charge < -0.3 is 14.6 Å². The number of furan rings is 1. The van der Waals surface area contributed by atoms with E-state index in [9.17, 15) is 9.18 Å². The number of benzene rings is 2. The van der Waals surface area contributed by atoms with Gasteiger partial charge in [-0.25, -0.2) is 9.18 Å². The minimum Gasteiger partial charge on any atom is -0.467 e. The van der Waals surface area contributed by atoms with Crippen LogP contribution in [0, 0.1) is 12.7 Å². The highest BCUT2D eigenvalue weighted by molar-refractivity contribution is 5.74. The van der Waals surface area contributed by atoms with Gasteiger partial charge in [-0.2, -0.15) is 0 Å². The molecule has 2 amide bonds. The van der Waals surface area contributed by atoms with Gasteiger partial charge in [-0.05, 0) is 41.8 Å². The Hall–Kier alpha value is -3.08. The van der Waals surface area contributed by atoms with E-state index in [1.165, 1.54) is 6.07 Å². The van der Waals surface area contributed by atoms with Crippen LogP contribution in [0.3, 0.4) is 0 Å². The number of urea groups is 1. The van der Waals surface area contributed by atoms with Gasteiger partial charge in [0.25, 0.3) is 0 Å². The molecule has 0 atom stereocenters. The molecule has 0 fully saturated rings. The zero-order valence-electron chi connectivity index (χ0n) is 14.6. The third-order valence-electron chi connectivity index (χ3n) is 4.11. The number of carbonyl (C=O) groups excluding carboxylic acids is 1. The van der Waals surface area contributed by atoms with E-state index in [4.69, 9.17) is 4.42 Å². The lowest BCUT2D eigenvalue weighted by Gasteiger charge is -2.22. The van der Waals surface area contributed by atoms with Gasteiger partial charge >= 0.3 is 6.03 Å². The maximum Gasteiger partial charge on any atom is 0.318 e. The molecule has 134 valence electrons. The number of hydrogen-bond acceptors (Lipinski definition) is 2. The first kappa shape index (κ1) is 17.7. The summed E-state index contributed by atoms with van der Waals surface area (Å²) in [6, 6.07) is 18.1. The Morgan fingerprint density at radius 1 is 1.04 bits per heavy atom. The van der Waals surface area contributed by atoms with Crippen LogP contribution < -0.4 is 5.32 Å². The highest BCUT2D eigenvalue weighted by Crippen LogP contribution is 2.12. The highest BCUT2D eigenvalue weighted by Gasteiger charge is 2.16. The van der Waals surface area contributed by atoms with Gasteiger partial charge in [-0.15, -0.1) is 0 Å². The summed E-state index contributed by atoms with van der Waals surface area (Å²) in [5, 5.41) is 2.86. The number of rotatable bonds is 6. The minimum absolute atomic E-state index is 0.230. The molecule has 3 rings (SSSR count). The van der Waals surface area contributed by atoms with Crippen molar-refractivity contribution in [1.29, 1.82) is 0 Å². The van der Waals surface area contributed by atoms with Gasteiger partial charge in [0.2, 0.25) is 0 Å². The molecule has 0 saturated heterocycles. The maximum absolute atomic E-state index is 13.7. The van der Waals surface area contributed by atoms with Gasteiger partial charge in [-0.1, -0.05) is 42.5 Å². The zero-order valence-corrected chi connectivity index (χ0v) is 14.6. The van der Waals surface area contributed by atoms with E-state index in [0.717, 1.165) is 11.1 Å². The van der Waals surface area contributed by atoms with Crippen LogP contribution in [0.4, 0.5) is 9.18 Å². The average Bonchev–Trinajstić information content (AvgIpc) is 3.16. The van der Waals surface area contributed by atoms with Crippen molar-refractivity contribution < 1.29 is 13.6 Å². The Bertz CT molecular complexity index is 848. The quantitative estimate of drug-likeness (QED) is 0.702. The van der Waals surface area contributed by atoms with Crippen molar-refractivity contribution in [2.75, 3.05) is 0 Å². The second-order valence-corrected chi connectivity index (χ2v) is 6.16. The van der Waals surface area contributed by atoms with E-state index in [-0.39, 0.29) is 18.4 Å². The van der Waals surface area contributed by atoms with Crippen LogP contribution in [0.5, 0.6) is 0 Å². The van der Waals surface area contributed by atoms with Crippen LogP contribution in [-0.2, 0) is 19.6 Å². The van der Waals surface area contributed by atoms with E-state index >= 15 is 0 Å². The SMILES string of the molecule is Cc1ccc(CNC(=O)N(Cc2ccccc2)Cc2ccco2)cc1F. The summed E-state index contributed by atoms with van der Waals surface area (Å²) in [6.07, 6.45) is 1.59. The molecule has 0 aliphatic heterocycles. The molecule has 1 heterocycles. The van der Waals surface area contributed by atoms with E-state index in [0.29, 0.717) is 24.4 Å². The molecule has 1 N–H and O–H groups in total. The van der Waals surface area contributed by atoms with Crippen LogP contribution in [0.15, 0.2) is 71.3 Å². The number of aryl methyl sites for hydroxylation is 1. The molecule has 3 aromatic rings. The molecule has 0 spiro atoms. The van der Waals surface area contributed by atoms with Crippen molar-refractivity contribution in [2.45, 2.75) is 26.6 Å². The van der Waals surface area contributed by atoms with E-state index in [2.05, 4.69) is 5.32 Å². The van der Waals surface area contributed by atoms with Gasteiger partial charge in [0.1, 0.15) is 11.6 Å². The molecule has 0 unspecified atom stereocenters. The molecule has 0 saturated carbocycles. The maximum atomic E-state index is 13.7. The van der Waals surface area contributed by atoms with Crippen molar-refractivity contribution in [3.63, 3.8) is 0 Å². The second-order valence-electron chi connectivity index (χ2n) is 6.16. The predicted octanol–water partition coefficient (Wildman–Crippen LogP) is 4.64. The summed E-state index contributed by atoms with van der Waals surface area (Å²) in [5.74, 6) is 0.436. The molecule has 26 heavy (non-hydrogen) atoms. The van der Waals surface area contributed by atoms with Gasteiger partial charge in [0.15, 0.2) is 0 Å². The predicted molar refractivity (Wildman–Crippen MR) is 97.8 cm³/mol. The van der Waals surface area contributed by atoms with Crippen LogP contribution in [0.1, 0.15) is 22.5 Å². The van der Waals surface area contributed by atoms with E-state index in [1.54, 1.807) is 30.2 Å². The standard InChI is InChI=1S/C21H21FN2O2/c1-16-9-10-18(12-20(16)22)13-23-21(25)24(15-19-8-5-11-26-19)14-17-6-3-2-4-7-17/h2-12H,13-15H2,1H3,(H,23,25). The van der Waals surface area contributed by atoms with Crippen molar-refractivity contribution >= 4 is 6.03 Å². The molecule has 0 aliphatic rings. The Kier molecular flexibility index (Phi) is 5.69. The first-order valence-corrected chi connectivity index (χ1v) is 8.46. The van der Waals surface area contributed by atoms with E-state index < -0.39 is 0 Å². The summed E-state index contributed by atoms with van der Waals surface area (Å²) in [6.45, 7) is 2.79. The minimum atomic E-state index is -0.270. The lowest BCUT2D eigenvalue weighted by molar-refractivity contribution is 0.187. The topological polar surface area (TPSA) is 45.5 Å². The lowest BCUT2D eigenvalue weighted by atomic mass is 10.1. The Labute approximate surface area is 152 Å². The van der Waals surface area contributed by atoms with Gasteiger partial charge in [-0.3, -0.25) is 0 Å². The monoisotopic (exact) mass is 352 g/mol. The molecule has 4 nitrogen and oxygen atoms in total. The van der Waals surface area contributed by atoms with Crippen molar-refractivity contribution in [3.8, 4) is 0 Å². The zero-order chi connectivity index (χ0) is 18.4. The van der Waals surface area contributed by atoms with Crippen molar-refractivity contribution in [3.05, 3.63) is 95.2 Å². The number of nitrogens with zero attached hydrogens (tertiary/aromatic N) is 1. The molecule has 2 aromatic carbocycles. The van der Waals surface area contributed by atoms with Crippen molar-refractivity contribution in [2.24, 2.45) is 0 Å². The molecular weight excluding hydrogens is 331 g/mol. The second kappa shape index (κ2) is 8.34. The molecule has 5 heteroatoms. The number of amides is 2. The fourth-order valence-corrected chi connectivity index (χ4v) is 2.63. The first-order valence-electron chi connectivity index (χ1n) is 8.46. The first-order chi connectivity index (χ1) is 12.6. The Morgan fingerprint density at radius 3 is 2.54 bits per heavy atom. The molecule has 0 radical (unpaired) electrons. The van der Waals surface area contributed by atoms with E-state index in [1.807, 2.05) is 42.5 Å². The number of hydrogen-bond donors (Lipinski definition) is 1. The third kappa shape index (κ3) is 4.72. The summed E-state index contributed by atoms with van der Waals surface area (Å²) < 4.78 is 19.0. The molecule has 0 aliphatic carbocycles. The average molecular weight is 352 g/mol. The number of halogens is 1. The summed E-state index contributed by atoms with van der Waals surface area (Å²) in [5.41, 5.74) is 2.33. The van der Waals surface area contributed by atoms with Gasteiger partial charge in [0, 0.05) is 13.1 Å². The summed E-state index contributed by atoms with van der Waals surface area (Å²) in [4.78, 5) is 14.3. The van der Waals surface area contributed by atoms with Crippen LogP contribution in [0.2, 0.25) is 0 Å². The number of nitrogens with one attached hydrogen (secondary N) is 1. The molecule has 0 bridgehead atoms. The third-order valence-corrected chi connectivity index (χ3v) is 4.11. The molecule has 1 aromatic heterocycles. The Morgan fingerprint density at radius 2 is 1.85 bits per heavy atom. The highest BCUT2D eigenvalue weighted by atomic mass is 19.1. The molecular formula is C21H21FN2O2. The largest absolute Gasteiger partial charge is 0.467 e. The number of carbonyl (C=O) groups is 1. The fourth-order valence-electron chi connectivity index (χ4n) is 2.63. The summed E-state index contributed by atoms with van der Waals surface area (Å²) in [7, 11) is 0. The van der Waals surface area contributed by atoms with Crippen LogP contribution >= 0.6 is 0 Å². The van der Waals surface area contributed by atoms with Crippen LogP contribution in [0.25, 0.3) is 0 Å². The van der Waals surface area contributed by atoms with Crippen molar-refractivity contribution in [1.82, 2.24) is 10.2 Å².